The molecular weight excluding hydrogens is 295 g/mol. The first-order valence-electron chi connectivity index (χ1n) is 3.86. The molecule has 0 fully saturated rings. The number of aromatic amines is 2. The summed E-state index contributed by atoms with van der Waals surface area (Å²) in [5.41, 5.74) is 6.89. The van der Waals surface area contributed by atoms with Crippen LogP contribution in [-0.4, -0.2) is 15.0 Å². The van der Waals surface area contributed by atoms with Crippen molar-refractivity contribution in [3.8, 4) is 11.3 Å². The molecule has 14 heavy (non-hydrogen) atoms. The first-order chi connectivity index (χ1) is 6.66. The zero-order valence-corrected chi connectivity index (χ0v) is 9.20. The average Bonchev–Trinajstić information content (AvgIpc) is 2.57. The van der Waals surface area contributed by atoms with Crippen molar-refractivity contribution in [2.24, 2.45) is 0 Å². The number of rotatable bonds is 1. The SMILES string of the molecule is Nc1ncc(-c2c[nH]c(=O)[nH]2)cc1I. The first kappa shape index (κ1) is 9.25. The first-order valence-corrected chi connectivity index (χ1v) is 4.94. The van der Waals surface area contributed by atoms with Gasteiger partial charge in [0.05, 0.1) is 9.26 Å². The summed E-state index contributed by atoms with van der Waals surface area (Å²) in [5.74, 6) is 0.493. The molecule has 0 saturated carbocycles. The Bertz CT molecular complexity index is 516. The van der Waals surface area contributed by atoms with Crippen molar-refractivity contribution in [1.29, 1.82) is 0 Å². The monoisotopic (exact) mass is 302 g/mol. The molecule has 4 N–H and O–H groups in total. The van der Waals surface area contributed by atoms with E-state index in [0.29, 0.717) is 11.5 Å². The normalized spacial score (nSPS) is 10.4. The van der Waals surface area contributed by atoms with Gasteiger partial charge < -0.3 is 15.7 Å². The minimum atomic E-state index is -0.230. The molecule has 6 heteroatoms. The fourth-order valence-electron chi connectivity index (χ4n) is 1.08. The van der Waals surface area contributed by atoms with Crippen molar-refractivity contribution in [3.05, 3.63) is 32.5 Å². The van der Waals surface area contributed by atoms with E-state index in [0.717, 1.165) is 9.13 Å². The van der Waals surface area contributed by atoms with Gasteiger partial charge >= 0.3 is 5.69 Å². The second-order valence-electron chi connectivity index (χ2n) is 2.75. The van der Waals surface area contributed by atoms with Crippen LogP contribution >= 0.6 is 22.6 Å². The summed E-state index contributed by atoms with van der Waals surface area (Å²) in [5, 5.41) is 0. The van der Waals surface area contributed by atoms with E-state index in [2.05, 4.69) is 37.5 Å². The van der Waals surface area contributed by atoms with E-state index in [4.69, 9.17) is 5.73 Å². The Balaban J connectivity index is 2.52. The number of hydrogen-bond donors (Lipinski definition) is 3. The summed E-state index contributed by atoms with van der Waals surface area (Å²) in [6, 6.07) is 1.86. The summed E-state index contributed by atoms with van der Waals surface area (Å²) in [7, 11) is 0. The molecule has 0 aromatic carbocycles. The highest BCUT2D eigenvalue weighted by Gasteiger charge is 2.03. The minimum absolute atomic E-state index is 0.230. The van der Waals surface area contributed by atoms with E-state index < -0.39 is 0 Å². The zero-order valence-electron chi connectivity index (χ0n) is 7.04. The molecule has 0 saturated heterocycles. The van der Waals surface area contributed by atoms with Gasteiger partial charge in [-0.2, -0.15) is 0 Å². The highest BCUT2D eigenvalue weighted by atomic mass is 127. The van der Waals surface area contributed by atoms with Gasteiger partial charge in [0, 0.05) is 18.0 Å². The van der Waals surface area contributed by atoms with E-state index >= 15 is 0 Å². The summed E-state index contributed by atoms with van der Waals surface area (Å²) >= 11 is 2.09. The van der Waals surface area contributed by atoms with Crippen LogP contribution in [0.4, 0.5) is 5.82 Å². The van der Waals surface area contributed by atoms with Crippen molar-refractivity contribution >= 4 is 28.4 Å². The number of pyridine rings is 1. The lowest BCUT2D eigenvalue weighted by Crippen LogP contribution is -2.00. The Kier molecular flexibility index (Phi) is 2.28. The van der Waals surface area contributed by atoms with Gasteiger partial charge in [-0.05, 0) is 28.7 Å². The molecule has 2 rings (SSSR count). The number of nitrogen functional groups attached to an aromatic ring is 1. The second kappa shape index (κ2) is 3.45. The van der Waals surface area contributed by atoms with Gasteiger partial charge in [-0.1, -0.05) is 0 Å². The van der Waals surface area contributed by atoms with E-state index in [1.807, 2.05) is 6.07 Å². The lowest BCUT2D eigenvalue weighted by atomic mass is 10.2. The molecule has 2 aromatic heterocycles. The summed E-state index contributed by atoms with van der Waals surface area (Å²) in [4.78, 5) is 20.0. The lowest BCUT2D eigenvalue weighted by Gasteiger charge is -1.99. The van der Waals surface area contributed by atoms with E-state index in [9.17, 15) is 4.79 Å². The van der Waals surface area contributed by atoms with Gasteiger partial charge in [0.2, 0.25) is 0 Å². The molecule has 0 aliphatic heterocycles. The summed E-state index contributed by atoms with van der Waals surface area (Å²) in [6.45, 7) is 0. The minimum Gasteiger partial charge on any atom is -0.383 e. The molecule has 0 amide bonds. The standard InChI is InChI=1S/C8H7IN4O/c9-5-1-4(2-11-7(5)10)6-3-12-8(14)13-6/h1-3H,(H2,10,11)(H2,12,13,14). The third kappa shape index (κ3) is 1.65. The number of nitrogens with zero attached hydrogens (tertiary/aromatic N) is 1. The fraction of sp³-hybridized carbons (Fsp3) is 0. The van der Waals surface area contributed by atoms with Crippen LogP contribution in [0, 0.1) is 3.57 Å². The lowest BCUT2D eigenvalue weighted by molar-refractivity contribution is 1.19. The number of aromatic nitrogens is 3. The third-order valence-electron chi connectivity index (χ3n) is 1.78. The van der Waals surface area contributed by atoms with Crippen LogP contribution in [-0.2, 0) is 0 Å². The van der Waals surface area contributed by atoms with Crippen molar-refractivity contribution < 1.29 is 0 Å². The highest BCUT2D eigenvalue weighted by molar-refractivity contribution is 14.1. The molecule has 0 radical (unpaired) electrons. The van der Waals surface area contributed by atoms with Gasteiger partial charge in [0.25, 0.3) is 0 Å². The molecule has 0 atom stereocenters. The maximum atomic E-state index is 10.9. The molecule has 72 valence electrons. The summed E-state index contributed by atoms with van der Waals surface area (Å²) in [6.07, 6.45) is 3.22. The predicted molar refractivity (Wildman–Crippen MR) is 61.8 cm³/mol. The average molecular weight is 302 g/mol. The van der Waals surface area contributed by atoms with Crippen molar-refractivity contribution in [2.45, 2.75) is 0 Å². The number of anilines is 1. The van der Waals surface area contributed by atoms with E-state index in [-0.39, 0.29) is 5.69 Å². The molecule has 2 aromatic rings. The molecule has 0 aliphatic rings. The maximum absolute atomic E-state index is 10.9. The predicted octanol–water partition coefficient (Wildman–Crippen LogP) is 0.952. The van der Waals surface area contributed by atoms with Crippen LogP contribution in [0.15, 0.2) is 23.3 Å². The number of halogens is 1. The maximum Gasteiger partial charge on any atom is 0.323 e. The van der Waals surface area contributed by atoms with Crippen LogP contribution in [0.5, 0.6) is 0 Å². The Hall–Kier alpha value is -1.31. The Labute approximate surface area is 92.9 Å². The van der Waals surface area contributed by atoms with Gasteiger partial charge in [0.1, 0.15) is 5.82 Å². The molecule has 0 spiro atoms. The highest BCUT2D eigenvalue weighted by Crippen LogP contribution is 2.19. The van der Waals surface area contributed by atoms with Crippen molar-refractivity contribution in [2.75, 3.05) is 5.73 Å². The Morgan fingerprint density at radius 3 is 2.86 bits per heavy atom. The molecule has 5 nitrogen and oxygen atoms in total. The second-order valence-corrected chi connectivity index (χ2v) is 3.91. The molecule has 0 unspecified atom stereocenters. The van der Waals surface area contributed by atoms with Gasteiger partial charge in [-0.15, -0.1) is 0 Å². The van der Waals surface area contributed by atoms with E-state index in [1.54, 1.807) is 12.4 Å². The number of imidazole rings is 1. The third-order valence-corrected chi connectivity index (χ3v) is 2.64. The topological polar surface area (TPSA) is 87.6 Å². The van der Waals surface area contributed by atoms with Crippen molar-refractivity contribution in [1.82, 2.24) is 15.0 Å². The largest absolute Gasteiger partial charge is 0.383 e. The van der Waals surface area contributed by atoms with Crippen molar-refractivity contribution in [3.63, 3.8) is 0 Å². The Morgan fingerprint density at radius 2 is 2.29 bits per heavy atom. The van der Waals surface area contributed by atoms with Gasteiger partial charge in [-0.25, -0.2) is 9.78 Å². The van der Waals surface area contributed by atoms with Crippen LogP contribution in [0.1, 0.15) is 0 Å². The molecule has 2 heterocycles. The van der Waals surface area contributed by atoms with E-state index in [1.165, 1.54) is 0 Å². The quantitative estimate of drug-likeness (QED) is 0.685. The number of nitrogens with two attached hydrogens (primary N) is 1. The van der Waals surface area contributed by atoms with Crippen LogP contribution < -0.4 is 11.4 Å². The van der Waals surface area contributed by atoms with Crippen LogP contribution in [0.25, 0.3) is 11.3 Å². The molecular formula is C8H7IN4O. The summed E-state index contributed by atoms with van der Waals surface area (Å²) < 4.78 is 0.863. The molecule has 0 aliphatic carbocycles. The number of nitrogens with one attached hydrogen (secondary N) is 2. The number of H-pyrrole nitrogens is 2. The van der Waals surface area contributed by atoms with Crippen LogP contribution in [0.3, 0.4) is 0 Å². The smallest absolute Gasteiger partial charge is 0.323 e. The molecule has 0 bridgehead atoms. The fourth-order valence-corrected chi connectivity index (χ4v) is 1.56. The number of hydrogen-bond acceptors (Lipinski definition) is 3. The Morgan fingerprint density at radius 1 is 1.50 bits per heavy atom. The zero-order chi connectivity index (χ0) is 10.1. The van der Waals surface area contributed by atoms with Gasteiger partial charge in [-0.3, -0.25) is 0 Å². The van der Waals surface area contributed by atoms with Gasteiger partial charge in [0.15, 0.2) is 0 Å². The van der Waals surface area contributed by atoms with Crippen LogP contribution in [0.2, 0.25) is 0 Å².